The van der Waals surface area contributed by atoms with Crippen LogP contribution >= 0.6 is 0 Å². The van der Waals surface area contributed by atoms with E-state index in [0.717, 1.165) is 6.42 Å². The van der Waals surface area contributed by atoms with Gasteiger partial charge in [-0.3, -0.25) is 4.79 Å². The molecule has 1 amide bonds. The number of hydrogen-bond acceptors (Lipinski definition) is 2. The maximum Gasteiger partial charge on any atom is 0.251 e. The zero-order chi connectivity index (χ0) is 11.8. The van der Waals surface area contributed by atoms with Crippen molar-refractivity contribution < 1.29 is 4.79 Å². The third kappa shape index (κ3) is 3.87. The minimum absolute atomic E-state index is 0.0516. The van der Waals surface area contributed by atoms with Gasteiger partial charge in [0, 0.05) is 18.7 Å². The maximum absolute atomic E-state index is 11.6. The van der Waals surface area contributed by atoms with Crippen molar-refractivity contribution in [3.8, 4) is 0 Å². The van der Waals surface area contributed by atoms with E-state index in [1.165, 1.54) is 5.56 Å². The van der Waals surface area contributed by atoms with Gasteiger partial charge in [0.25, 0.3) is 5.91 Å². The van der Waals surface area contributed by atoms with Gasteiger partial charge in [-0.1, -0.05) is 31.2 Å². The molecule has 0 heterocycles. The van der Waals surface area contributed by atoms with Gasteiger partial charge in [-0.05, 0) is 24.1 Å². The normalized spacial score (nSPS) is 10.6. The molecule has 3 N–H and O–H groups in total. The summed E-state index contributed by atoms with van der Waals surface area (Å²) in [6.45, 7) is 3.11. The van der Waals surface area contributed by atoms with Gasteiger partial charge >= 0.3 is 0 Å². The zero-order valence-corrected chi connectivity index (χ0v) is 9.57. The second kappa shape index (κ2) is 6.80. The number of nitrogens with one attached hydrogen (secondary N) is 1. The van der Waals surface area contributed by atoms with E-state index in [4.69, 9.17) is 5.73 Å². The molecule has 0 fully saturated rings. The molecule has 0 aliphatic rings. The van der Waals surface area contributed by atoms with E-state index in [1.54, 1.807) is 0 Å². The highest BCUT2D eigenvalue weighted by Crippen LogP contribution is 2.04. The lowest BCUT2D eigenvalue weighted by molar-refractivity contribution is 0.0958. The largest absolute Gasteiger partial charge is 0.349 e. The molecule has 0 unspecified atom stereocenters. The molecule has 0 aliphatic carbocycles. The highest BCUT2D eigenvalue weighted by molar-refractivity contribution is 5.94. The topological polar surface area (TPSA) is 55.1 Å². The number of carbonyl (C=O) groups is 1. The number of carbonyl (C=O) groups excluding carboxylic acids is 1. The summed E-state index contributed by atoms with van der Waals surface area (Å²) in [6, 6.07) is 7.65. The molecule has 0 saturated heterocycles. The lowest BCUT2D eigenvalue weighted by atomic mass is 10.1. The van der Waals surface area contributed by atoms with Crippen LogP contribution in [-0.4, -0.2) is 19.0 Å². The van der Waals surface area contributed by atoms with E-state index in [0.29, 0.717) is 18.7 Å². The van der Waals surface area contributed by atoms with Crippen molar-refractivity contribution in [2.24, 2.45) is 5.73 Å². The Morgan fingerprint density at radius 3 is 2.56 bits per heavy atom. The number of aryl methyl sites for hydroxylation is 1. The number of rotatable bonds is 5. The number of benzene rings is 1. The molecule has 0 spiro atoms. The van der Waals surface area contributed by atoms with Crippen LogP contribution in [0.4, 0.5) is 0 Å². The fourth-order valence-corrected chi connectivity index (χ4v) is 1.33. The number of nitrogens with two attached hydrogens (primary N) is 1. The molecular formula is C13H18N2O. The van der Waals surface area contributed by atoms with Crippen molar-refractivity contribution in [3.63, 3.8) is 0 Å². The molecule has 3 heteroatoms. The summed E-state index contributed by atoms with van der Waals surface area (Å²) < 4.78 is 0. The van der Waals surface area contributed by atoms with Crippen molar-refractivity contribution in [1.82, 2.24) is 5.32 Å². The summed E-state index contributed by atoms with van der Waals surface area (Å²) in [4.78, 5) is 11.6. The highest BCUT2D eigenvalue weighted by atomic mass is 16.1. The van der Waals surface area contributed by atoms with E-state index in [-0.39, 0.29) is 5.91 Å². The monoisotopic (exact) mass is 218 g/mol. The molecule has 1 aromatic carbocycles. The van der Waals surface area contributed by atoms with Crippen molar-refractivity contribution in [1.29, 1.82) is 0 Å². The third-order valence-corrected chi connectivity index (χ3v) is 2.31. The van der Waals surface area contributed by atoms with Gasteiger partial charge < -0.3 is 11.1 Å². The van der Waals surface area contributed by atoms with Crippen molar-refractivity contribution >= 4 is 5.91 Å². The van der Waals surface area contributed by atoms with Crippen LogP contribution in [0.25, 0.3) is 0 Å². The first kappa shape index (κ1) is 12.5. The van der Waals surface area contributed by atoms with Gasteiger partial charge in [0.05, 0.1) is 0 Å². The molecule has 0 radical (unpaired) electrons. The van der Waals surface area contributed by atoms with E-state index in [2.05, 4.69) is 12.2 Å². The zero-order valence-electron chi connectivity index (χ0n) is 9.57. The predicted molar refractivity (Wildman–Crippen MR) is 66.3 cm³/mol. The molecule has 1 aromatic rings. The van der Waals surface area contributed by atoms with Crippen molar-refractivity contribution in [2.45, 2.75) is 13.3 Å². The van der Waals surface area contributed by atoms with Crippen LogP contribution in [0.3, 0.4) is 0 Å². The first-order valence-electron chi connectivity index (χ1n) is 5.50. The van der Waals surface area contributed by atoms with Crippen LogP contribution in [0.15, 0.2) is 36.4 Å². The van der Waals surface area contributed by atoms with Gasteiger partial charge in [-0.2, -0.15) is 0 Å². The molecule has 86 valence electrons. The van der Waals surface area contributed by atoms with Gasteiger partial charge in [0.2, 0.25) is 0 Å². The quantitative estimate of drug-likeness (QED) is 0.736. The van der Waals surface area contributed by atoms with E-state index < -0.39 is 0 Å². The standard InChI is InChI=1S/C13H18N2O/c1-2-11-5-7-12(8-6-11)13(16)15-10-4-3-9-14/h3-8H,2,9-10,14H2,1H3,(H,15,16)/b4-3+. The van der Waals surface area contributed by atoms with Gasteiger partial charge in [0.1, 0.15) is 0 Å². The summed E-state index contributed by atoms with van der Waals surface area (Å²) in [5, 5.41) is 2.79. The number of amides is 1. The Morgan fingerprint density at radius 1 is 1.31 bits per heavy atom. The van der Waals surface area contributed by atoms with E-state index in [9.17, 15) is 4.79 Å². The highest BCUT2D eigenvalue weighted by Gasteiger charge is 2.02. The Balaban J connectivity index is 2.49. The van der Waals surface area contributed by atoms with Crippen LogP contribution in [0.5, 0.6) is 0 Å². The maximum atomic E-state index is 11.6. The molecule has 0 atom stereocenters. The summed E-state index contributed by atoms with van der Waals surface area (Å²) >= 11 is 0. The second-order valence-corrected chi connectivity index (χ2v) is 3.47. The molecule has 0 bridgehead atoms. The summed E-state index contributed by atoms with van der Waals surface area (Å²) in [5.74, 6) is -0.0516. The summed E-state index contributed by atoms with van der Waals surface area (Å²) in [5.41, 5.74) is 7.22. The van der Waals surface area contributed by atoms with Gasteiger partial charge in [-0.15, -0.1) is 0 Å². The van der Waals surface area contributed by atoms with E-state index in [1.807, 2.05) is 36.4 Å². The molecule has 0 aromatic heterocycles. The molecule has 16 heavy (non-hydrogen) atoms. The fourth-order valence-electron chi connectivity index (χ4n) is 1.33. The number of hydrogen-bond donors (Lipinski definition) is 2. The Morgan fingerprint density at radius 2 is 2.00 bits per heavy atom. The summed E-state index contributed by atoms with van der Waals surface area (Å²) in [6.07, 6.45) is 4.65. The summed E-state index contributed by atoms with van der Waals surface area (Å²) in [7, 11) is 0. The molecule has 3 nitrogen and oxygen atoms in total. The average molecular weight is 218 g/mol. The second-order valence-electron chi connectivity index (χ2n) is 3.47. The Labute approximate surface area is 96.3 Å². The smallest absolute Gasteiger partial charge is 0.251 e. The van der Waals surface area contributed by atoms with Gasteiger partial charge in [-0.25, -0.2) is 0 Å². The molecule has 0 aliphatic heterocycles. The Bertz CT molecular complexity index is 355. The lowest BCUT2D eigenvalue weighted by Crippen LogP contribution is -2.23. The van der Waals surface area contributed by atoms with Crippen LogP contribution in [0.2, 0.25) is 0 Å². The van der Waals surface area contributed by atoms with Crippen molar-refractivity contribution in [2.75, 3.05) is 13.1 Å². The lowest BCUT2D eigenvalue weighted by Gasteiger charge is -2.03. The minimum Gasteiger partial charge on any atom is -0.349 e. The SMILES string of the molecule is CCc1ccc(C(=O)NC/C=C/CN)cc1. The Hall–Kier alpha value is -1.61. The first-order chi connectivity index (χ1) is 7.77. The first-order valence-corrected chi connectivity index (χ1v) is 5.50. The molecular weight excluding hydrogens is 200 g/mol. The van der Waals surface area contributed by atoms with Crippen LogP contribution < -0.4 is 11.1 Å². The Kier molecular flexibility index (Phi) is 5.29. The molecule has 1 rings (SSSR count). The fraction of sp³-hybridized carbons (Fsp3) is 0.308. The average Bonchev–Trinajstić information content (AvgIpc) is 2.34. The third-order valence-electron chi connectivity index (χ3n) is 2.31. The van der Waals surface area contributed by atoms with E-state index >= 15 is 0 Å². The van der Waals surface area contributed by atoms with Crippen LogP contribution in [0.1, 0.15) is 22.8 Å². The predicted octanol–water partition coefficient (Wildman–Crippen LogP) is 1.49. The minimum atomic E-state index is -0.0516. The van der Waals surface area contributed by atoms with Gasteiger partial charge in [0.15, 0.2) is 0 Å². The molecule has 0 saturated carbocycles. The van der Waals surface area contributed by atoms with Crippen molar-refractivity contribution in [3.05, 3.63) is 47.5 Å². The van der Waals surface area contributed by atoms with Crippen LogP contribution in [-0.2, 0) is 6.42 Å². The van der Waals surface area contributed by atoms with Crippen LogP contribution in [0, 0.1) is 0 Å².